The Morgan fingerprint density at radius 2 is 0.592 bits per heavy atom. The molecule has 1 nitrogen and oxygen atoms in total. The van der Waals surface area contributed by atoms with Crippen LogP contribution >= 0.6 is 0 Å². The minimum atomic E-state index is 1.11. The topological polar surface area (TPSA) is 3.24 Å². The van der Waals surface area contributed by atoms with Gasteiger partial charge >= 0.3 is 0 Å². The normalized spacial score (nSPS) is 11.3. The van der Waals surface area contributed by atoms with E-state index in [4.69, 9.17) is 0 Å². The zero-order valence-electron chi connectivity index (χ0n) is 27.0. The van der Waals surface area contributed by atoms with Crippen LogP contribution in [0.15, 0.2) is 200 Å². The van der Waals surface area contributed by atoms with E-state index in [1.165, 1.54) is 66.8 Å². The monoisotopic (exact) mass is 623 g/mol. The van der Waals surface area contributed by atoms with Crippen molar-refractivity contribution in [1.29, 1.82) is 0 Å². The molecule has 0 unspecified atom stereocenters. The maximum Gasteiger partial charge on any atom is 0.0467 e. The van der Waals surface area contributed by atoms with Crippen molar-refractivity contribution in [2.75, 3.05) is 4.90 Å². The molecule has 0 radical (unpaired) electrons. The number of fused-ring (bicyclic) bond motifs is 7. The lowest BCUT2D eigenvalue weighted by Gasteiger charge is -2.26. The Kier molecular flexibility index (Phi) is 7.22. The van der Waals surface area contributed by atoms with Gasteiger partial charge in [-0.3, -0.25) is 0 Å². The molecule has 0 aliphatic heterocycles. The average Bonchev–Trinajstić information content (AvgIpc) is 3.25. The Bertz CT molecular complexity index is 2340. The summed E-state index contributed by atoms with van der Waals surface area (Å²) in [6, 6.07) is 72.4. The molecule has 8 aromatic rings. The molecule has 1 aliphatic carbocycles. The van der Waals surface area contributed by atoms with E-state index in [9.17, 15) is 0 Å². The Morgan fingerprint density at radius 1 is 0.224 bits per heavy atom. The van der Waals surface area contributed by atoms with Crippen LogP contribution in [0.5, 0.6) is 0 Å². The van der Waals surface area contributed by atoms with E-state index in [-0.39, 0.29) is 0 Å². The van der Waals surface area contributed by atoms with Crippen molar-refractivity contribution >= 4 is 17.1 Å². The van der Waals surface area contributed by atoms with Crippen LogP contribution in [-0.2, 0) is 0 Å². The van der Waals surface area contributed by atoms with Gasteiger partial charge < -0.3 is 4.90 Å². The second-order valence-electron chi connectivity index (χ2n) is 12.5. The molecule has 0 heterocycles. The Labute approximate surface area is 288 Å². The molecule has 1 heteroatoms. The van der Waals surface area contributed by atoms with Crippen LogP contribution in [0.25, 0.3) is 66.8 Å². The summed E-state index contributed by atoms with van der Waals surface area (Å²) >= 11 is 0. The van der Waals surface area contributed by atoms with Crippen LogP contribution < -0.4 is 4.90 Å². The SMILES string of the molecule is c1ccc(-c2ccc(N(c3ccc(-c4c5cccc4-c4ccccc4-c4ccccc4-5)cc3)c3cccc(-c4ccccc4)c3)cc2)cc1. The van der Waals surface area contributed by atoms with Crippen molar-refractivity contribution in [3.63, 3.8) is 0 Å². The van der Waals surface area contributed by atoms with Crippen molar-refractivity contribution in [3.05, 3.63) is 200 Å². The lowest BCUT2D eigenvalue weighted by molar-refractivity contribution is 1.28. The molecule has 0 spiro atoms. The molecule has 8 aromatic carbocycles. The van der Waals surface area contributed by atoms with Crippen LogP contribution in [0.4, 0.5) is 17.1 Å². The van der Waals surface area contributed by atoms with E-state index in [0.717, 1.165) is 17.1 Å². The van der Waals surface area contributed by atoms with Crippen molar-refractivity contribution in [1.82, 2.24) is 0 Å². The fraction of sp³-hybridized carbons (Fsp3) is 0. The minimum absolute atomic E-state index is 1.11. The molecule has 0 saturated carbocycles. The molecule has 1 aliphatic rings. The van der Waals surface area contributed by atoms with Gasteiger partial charge in [0.15, 0.2) is 0 Å². The molecule has 230 valence electrons. The summed E-state index contributed by atoms with van der Waals surface area (Å²) in [4.78, 5) is 2.36. The number of benzene rings is 8. The van der Waals surface area contributed by atoms with Gasteiger partial charge in [-0.25, -0.2) is 0 Å². The molecule has 0 amide bonds. The first kappa shape index (κ1) is 28.8. The molecular formula is C48H33N. The van der Waals surface area contributed by atoms with E-state index < -0.39 is 0 Å². The number of hydrogen-bond acceptors (Lipinski definition) is 1. The van der Waals surface area contributed by atoms with E-state index in [0.29, 0.717) is 0 Å². The number of anilines is 3. The second-order valence-corrected chi connectivity index (χ2v) is 12.5. The molecule has 0 aromatic heterocycles. The number of rotatable bonds is 6. The average molecular weight is 624 g/mol. The van der Waals surface area contributed by atoms with Gasteiger partial charge in [-0.2, -0.15) is 0 Å². The van der Waals surface area contributed by atoms with E-state index in [1.807, 2.05) is 0 Å². The predicted octanol–water partition coefficient (Wildman–Crippen LogP) is 13.5. The summed E-state index contributed by atoms with van der Waals surface area (Å²) in [5, 5.41) is 0. The summed E-state index contributed by atoms with van der Waals surface area (Å²) in [6.07, 6.45) is 0. The summed E-state index contributed by atoms with van der Waals surface area (Å²) in [7, 11) is 0. The smallest absolute Gasteiger partial charge is 0.0467 e. The van der Waals surface area contributed by atoms with Gasteiger partial charge in [0.1, 0.15) is 0 Å². The third-order valence-corrected chi connectivity index (χ3v) is 9.65. The minimum Gasteiger partial charge on any atom is -0.310 e. The summed E-state index contributed by atoms with van der Waals surface area (Å²) in [6.45, 7) is 0. The molecule has 0 saturated heterocycles. The summed E-state index contributed by atoms with van der Waals surface area (Å²) in [5.74, 6) is 0. The van der Waals surface area contributed by atoms with Crippen LogP contribution in [0.2, 0.25) is 0 Å². The van der Waals surface area contributed by atoms with Gasteiger partial charge in [0.25, 0.3) is 0 Å². The molecular weight excluding hydrogens is 591 g/mol. The molecule has 2 bridgehead atoms. The Hall–Kier alpha value is -6.44. The Balaban J connectivity index is 1.17. The lowest BCUT2D eigenvalue weighted by Crippen LogP contribution is -2.10. The van der Waals surface area contributed by atoms with Gasteiger partial charge in [0.05, 0.1) is 0 Å². The van der Waals surface area contributed by atoms with Crippen molar-refractivity contribution in [2.45, 2.75) is 0 Å². The second kappa shape index (κ2) is 12.3. The van der Waals surface area contributed by atoms with Gasteiger partial charge in [0.2, 0.25) is 0 Å². The first-order chi connectivity index (χ1) is 24.3. The maximum absolute atomic E-state index is 2.36. The summed E-state index contributed by atoms with van der Waals surface area (Å²) < 4.78 is 0. The molecule has 9 rings (SSSR count). The molecule has 0 atom stereocenters. The predicted molar refractivity (Wildman–Crippen MR) is 207 cm³/mol. The number of hydrogen-bond donors (Lipinski definition) is 0. The highest BCUT2D eigenvalue weighted by Gasteiger charge is 2.23. The largest absolute Gasteiger partial charge is 0.310 e. The van der Waals surface area contributed by atoms with Crippen LogP contribution in [0, 0.1) is 0 Å². The molecule has 0 fully saturated rings. The van der Waals surface area contributed by atoms with E-state index in [1.54, 1.807) is 0 Å². The maximum atomic E-state index is 2.36. The van der Waals surface area contributed by atoms with Gasteiger partial charge in [-0.1, -0.05) is 164 Å². The third kappa shape index (κ3) is 5.23. The van der Waals surface area contributed by atoms with Crippen molar-refractivity contribution in [2.24, 2.45) is 0 Å². The molecule has 49 heavy (non-hydrogen) atoms. The first-order valence-electron chi connectivity index (χ1n) is 16.9. The summed E-state index contributed by atoms with van der Waals surface area (Å²) in [5.41, 5.74) is 18.2. The highest BCUT2D eigenvalue weighted by Crippen LogP contribution is 2.50. The molecule has 0 N–H and O–H groups in total. The van der Waals surface area contributed by atoms with E-state index >= 15 is 0 Å². The Morgan fingerprint density at radius 3 is 1.12 bits per heavy atom. The zero-order chi connectivity index (χ0) is 32.6. The van der Waals surface area contributed by atoms with Crippen molar-refractivity contribution in [3.8, 4) is 66.8 Å². The quantitative estimate of drug-likeness (QED) is 0.178. The lowest BCUT2D eigenvalue weighted by atomic mass is 9.89. The fourth-order valence-electron chi connectivity index (χ4n) is 7.33. The van der Waals surface area contributed by atoms with Crippen LogP contribution in [-0.4, -0.2) is 0 Å². The van der Waals surface area contributed by atoms with Crippen LogP contribution in [0.3, 0.4) is 0 Å². The standard InChI is InChI=1S/C48H33N/c1-3-13-34(14-4-1)36-25-29-39(30-26-36)49(41-18-11-17-38(33-41)35-15-5-2-6-16-35)40-31-27-37(28-32-40)48-46-23-12-24-47(48)45-22-10-8-20-43(45)42-19-7-9-21-44(42)46/h1-33H. The van der Waals surface area contributed by atoms with Crippen molar-refractivity contribution < 1.29 is 0 Å². The van der Waals surface area contributed by atoms with Gasteiger partial charge in [0, 0.05) is 17.1 Å². The fourth-order valence-corrected chi connectivity index (χ4v) is 7.33. The first-order valence-corrected chi connectivity index (χ1v) is 16.9. The van der Waals surface area contributed by atoms with Gasteiger partial charge in [-0.05, 0) is 103 Å². The zero-order valence-corrected chi connectivity index (χ0v) is 27.0. The number of nitrogens with zero attached hydrogens (tertiary/aromatic N) is 1. The highest BCUT2D eigenvalue weighted by molar-refractivity contribution is 6.05. The van der Waals surface area contributed by atoms with E-state index in [2.05, 4.69) is 205 Å². The third-order valence-electron chi connectivity index (χ3n) is 9.65. The highest BCUT2D eigenvalue weighted by atomic mass is 15.1. The van der Waals surface area contributed by atoms with Crippen LogP contribution in [0.1, 0.15) is 0 Å². The van der Waals surface area contributed by atoms with Gasteiger partial charge in [-0.15, -0.1) is 0 Å².